The van der Waals surface area contributed by atoms with Crippen LogP contribution in [0.4, 0.5) is 11.4 Å². The number of aromatic nitrogens is 4. The fourth-order valence-electron chi connectivity index (χ4n) is 3.10. The van der Waals surface area contributed by atoms with E-state index in [2.05, 4.69) is 15.5 Å². The Morgan fingerprint density at radius 3 is 2.69 bits per heavy atom. The number of hydrogen-bond donors (Lipinski definition) is 1. The number of carbonyl (C=O) groups excluding carboxylic acids is 1. The molecule has 0 fully saturated rings. The highest BCUT2D eigenvalue weighted by Crippen LogP contribution is 2.32. The molecule has 1 aromatic carbocycles. The molecule has 2 aromatic heterocycles. The average molecular weight is 398 g/mol. The van der Waals surface area contributed by atoms with E-state index in [0.29, 0.717) is 41.8 Å². The molecule has 3 heterocycles. The van der Waals surface area contributed by atoms with E-state index in [4.69, 9.17) is 9.47 Å². The molecule has 0 saturated heterocycles. The topological polar surface area (TPSA) is 126 Å². The highest BCUT2D eigenvalue weighted by molar-refractivity contribution is 6.02. The maximum Gasteiger partial charge on any atom is 0.312 e. The van der Waals surface area contributed by atoms with Crippen molar-refractivity contribution in [2.24, 2.45) is 0 Å². The number of carbonyl (C=O) groups is 1. The van der Waals surface area contributed by atoms with Gasteiger partial charge < -0.3 is 14.8 Å². The molecule has 0 saturated carbocycles. The Balaban J connectivity index is 1.47. The zero-order valence-corrected chi connectivity index (χ0v) is 15.8. The summed E-state index contributed by atoms with van der Waals surface area (Å²) in [6.45, 7) is 4.31. The molecule has 1 N–H and O–H groups in total. The summed E-state index contributed by atoms with van der Waals surface area (Å²) in [5, 5.41) is 22.3. The van der Waals surface area contributed by atoms with Crippen LogP contribution in [-0.2, 0) is 6.67 Å². The SMILES string of the molecule is Cc1nn(Cn2ccc(C(=O)Nc3ccc4c(c3)OCCO4)n2)c(C)c1[N+](=O)[O-]. The van der Waals surface area contributed by atoms with E-state index in [0.717, 1.165) is 0 Å². The Morgan fingerprint density at radius 1 is 1.21 bits per heavy atom. The van der Waals surface area contributed by atoms with Crippen molar-refractivity contribution in [3.05, 3.63) is 57.7 Å². The number of nitrogens with one attached hydrogen (secondary N) is 1. The van der Waals surface area contributed by atoms with Crippen LogP contribution in [0, 0.1) is 24.0 Å². The van der Waals surface area contributed by atoms with Crippen molar-refractivity contribution in [2.45, 2.75) is 20.5 Å². The van der Waals surface area contributed by atoms with E-state index in [-0.39, 0.29) is 24.0 Å². The molecule has 0 bridgehead atoms. The lowest BCUT2D eigenvalue weighted by Gasteiger charge is -2.18. The Kier molecular flexibility index (Phi) is 4.63. The molecule has 0 radical (unpaired) electrons. The maximum absolute atomic E-state index is 12.5. The van der Waals surface area contributed by atoms with E-state index in [9.17, 15) is 14.9 Å². The number of nitrogens with zero attached hydrogens (tertiary/aromatic N) is 5. The molecular weight excluding hydrogens is 380 g/mol. The van der Waals surface area contributed by atoms with Crippen LogP contribution in [0.1, 0.15) is 21.9 Å². The van der Waals surface area contributed by atoms with Gasteiger partial charge >= 0.3 is 5.69 Å². The lowest BCUT2D eigenvalue weighted by molar-refractivity contribution is -0.386. The minimum absolute atomic E-state index is 0.0197. The van der Waals surface area contributed by atoms with Gasteiger partial charge in [-0.3, -0.25) is 19.6 Å². The van der Waals surface area contributed by atoms with Gasteiger partial charge in [0, 0.05) is 18.0 Å². The second kappa shape index (κ2) is 7.26. The third kappa shape index (κ3) is 3.61. The summed E-state index contributed by atoms with van der Waals surface area (Å²) in [6.07, 6.45) is 1.61. The van der Waals surface area contributed by atoms with E-state index in [1.165, 1.54) is 9.36 Å². The number of benzene rings is 1. The lowest BCUT2D eigenvalue weighted by atomic mass is 10.2. The van der Waals surface area contributed by atoms with Crippen LogP contribution in [0.2, 0.25) is 0 Å². The molecule has 1 aliphatic rings. The van der Waals surface area contributed by atoms with Crippen molar-refractivity contribution < 1.29 is 19.2 Å². The number of aryl methyl sites for hydroxylation is 1. The summed E-state index contributed by atoms with van der Waals surface area (Å²) < 4.78 is 13.9. The van der Waals surface area contributed by atoms with Crippen molar-refractivity contribution in [3.8, 4) is 11.5 Å². The van der Waals surface area contributed by atoms with E-state index in [1.807, 2.05) is 0 Å². The van der Waals surface area contributed by atoms with E-state index < -0.39 is 4.92 Å². The van der Waals surface area contributed by atoms with Crippen molar-refractivity contribution >= 4 is 17.3 Å². The monoisotopic (exact) mass is 398 g/mol. The van der Waals surface area contributed by atoms with Crippen molar-refractivity contribution in [2.75, 3.05) is 18.5 Å². The summed E-state index contributed by atoms with van der Waals surface area (Å²) in [6, 6.07) is 6.71. The van der Waals surface area contributed by atoms with Crippen LogP contribution in [0.15, 0.2) is 30.5 Å². The summed E-state index contributed by atoms with van der Waals surface area (Å²) in [5.41, 5.74) is 1.49. The quantitative estimate of drug-likeness (QED) is 0.515. The first-order valence-electron chi connectivity index (χ1n) is 8.85. The van der Waals surface area contributed by atoms with Gasteiger partial charge in [-0.15, -0.1) is 0 Å². The predicted octanol–water partition coefficient (Wildman–Crippen LogP) is 2.13. The zero-order valence-electron chi connectivity index (χ0n) is 15.8. The molecule has 3 aromatic rings. The summed E-state index contributed by atoms with van der Waals surface area (Å²) >= 11 is 0. The third-order valence-electron chi connectivity index (χ3n) is 4.48. The summed E-state index contributed by atoms with van der Waals surface area (Å²) in [7, 11) is 0. The van der Waals surface area contributed by atoms with Crippen LogP contribution in [0.5, 0.6) is 11.5 Å². The zero-order chi connectivity index (χ0) is 20.5. The first-order valence-corrected chi connectivity index (χ1v) is 8.85. The number of ether oxygens (including phenoxy) is 2. The second-order valence-electron chi connectivity index (χ2n) is 6.47. The Labute approximate surface area is 165 Å². The standard InChI is InChI=1S/C18H18N6O5/c1-11-17(24(26)27)12(2)23(20-11)10-22-6-5-14(21-22)18(25)19-13-3-4-15-16(9-13)29-8-7-28-15/h3-6,9H,7-8,10H2,1-2H3,(H,19,25). The van der Waals surface area contributed by atoms with Crippen LogP contribution < -0.4 is 14.8 Å². The fourth-order valence-corrected chi connectivity index (χ4v) is 3.10. The third-order valence-corrected chi connectivity index (χ3v) is 4.48. The van der Waals surface area contributed by atoms with Crippen LogP contribution in [-0.4, -0.2) is 43.6 Å². The summed E-state index contributed by atoms with van der Waals surface area (Å²) in [4.78, 5) is 23.2. The van der Waals surface area contributed by atoms with Crippen molar-refractivity contribution in [1.29, 1.82) is 0 Å². The van der Waals surface area contributed by atoms with Gasteiger partial charge in [0.15, 0.2) is 17.2 Å². The number of rotatable bonds is 5. The molecular formula is C18H18N6O5. The van der Waals surface area contributed by atoms with Gasteiger partial charge in [-0.2, -0.15) is 10.2 Å². The molecule has 0 spiro atoms. The normalized spacial score (nSPS) is 12.6. The number of nitro groups is 1. The Morgan fingerprint density at radius 2 is 1.97 bits per heavy atom. The molecule has 150 valence electrons. The van der Waals surface area contributed by atoms with Gasteiger partial charge in [0.25, 0.3) is 5.91 Å². The first-order chi connectivity index (χ1) is 13.9. The minimum atomic E-state index is -0.455. The average Bonchev–Trinajstić information content (AvgIpc) is 3.26. The molecule has 1 aliphatic heterocycles. The highest BCUT2D eigenvalue weighted by atomic mass is 16.6. The lowest BCUT2D eigenvalue weighted by Crippen LogP contribution is -2.17. The summed E-state index contributed by atoms with van der Waals surface area (Å²) in [5.74, 6) is 0.822. The molecule has 0 aliphatic carbocycles. The minimum Gasteiger partial charge on any atom is -0.486 e. The number of anilines is 1. The number of amides is 1. The fraction of sp³-hybridized carbons (Fsp3) is 0.278. The Bertz CT molecular complexity index is 1100. The predicted molar refractivity (Wildman–Crippen MR) is 101 cm³/mol. The van der Waals surface area contributed by atoms with Gasteiger partial charge in [0.2, 0.25) is 0 Å². The van der Waals surface area contributed by atoms with Gasteiger partial charge in [0.05, 0.1) is 4.92 Å². The molecule has 4 rings (SSSR count). The molecule has 11 heteroatoms. The Hall–Kier alpha value is -3.89. The van der Waals surface area contributed by atoms with Crippen molar-refractivity contribution in [3.63, 3.8) is 0 Å². The van der Waals surface area contributed by atoms with Gasteiger partial charge in [-0.1, -0.05) is 0 Å². The largest absolute Gasteiger partial charge is 0.486 e. The van der Waals surface area contributed by atoms with E-state index >= 15 is 0 Å². The van der Waals surface area contributed by atoms with Gasteiger partial charge in [0.1, 0.15) is 31.3 Å². The smallest absolute Gasteiger partial charge is 0.312 e. The second-order valence-corrected chi connectivity index (χ2v) is 6.47. The van der Waals surface area contributed by atoms with Crippen LogP contribution in [0.25, 0.3) is 0 Å². The first kappa shape index (κ1) is 18.5. The molecule has 29 heavy (non-hydrogen) atoms. The maximum atomic E-state index is 12.5. The van der Waals surface area contributed by atoms with Crippen molar-refractivity contribution in [1.82, 2.24) is 19.6 Å². The number of hydrogen-bond acceptors (Lipinski definition) is 7. The molecule has 11 nitrogen and oxygen atoms in total. The van der Waals surface area contributed by atoms with Crippen LogP contribution in [0.3, 0.4) is 0 Å². The molecule has 0 unspecified atom stereocenters. The van der Waals surface area contributed by atoms with Crippen LogP contribution >= 0.6 is 0 Å². The highest BCUT2D eigenvalue weighted by Gasteiger charge is 2.22. The molecule has 0 atom stereocenters. The number of fused-ring (bicyclic) bond motifs is 1. The molecule has 1 amide bonds. The van der Waals surface area contributed by atoms with Gasteiger partial charge in [-0.25, -0.2) is 4.68 Å². The van der Waals surface area contributed by atoms with E-state index in [1.54, 1.807) is 44.3 Å². The van der Waals surface area contributed by atoms with Gasteiger partial charge in [-0.05, 0) is 32.0 Å².